The molecule has 0 aliphatic carbocycles. The number of ether oxygens (including phenoxy) is 2. The molecule has 0 aromatic heterocycles. The lowest BCUT2D eigenvalue weighted by atomic mass is 9.80. The highest BCUT2D eigenvalue weighted by Crippen LogP contribution is 2.42. The molecule has 5 rings (SSSR count). The first-order chi connectivity index (χ1) is 19.0. The molecule has 4 aromatic rings. The second-order valence-corrected chi connectivity index (χ2v) is 9.60. The minimum atomic E-state index is -1.01. The Morgan fingerprint density at radius 3 is 1.69 bits per heavy atom. The van der Waals surface area contributed by atoms with Crippen LogP contribution in [0.25, 0.3) is 5.57 Å². The quantitative estimate of drug-likeness (QED) is 0.235. The third kappa shape index (κ3) is 5.61. The number of rotatable bonds is 10. The summed E-state index contributed by atoms with van der Waals surface area (Å²) in [6.07, 6.45) is 1.31. The molecule has 1 aliphatic rings. The summed E-state index contributed by atoms with van der Waals surface area (Å²) in [7, 11) is 3.95. The van der Waals surface area contributed by atoms with Crippen LogP contribution < -0.4 is 14.8 Å². The molecule has 6 nitrogen and oxygen atoms in total. The van der Waals surface area contributed by atoms with Crippen molar-refractivity contribution in [3.63, 3.8) is 0 Å². The number of imide groups is 1. The number of carbonyl (C=O) groups is 2. The molecule has 2 amide bonds. The second kappa shape index (κ2) is 11.4. The third-order valence-electron chi connectivity index (χ3n) is 6.57. The summed E-state index contributed by atoms with van der Waals surface area (Å²) < 4.78 is 13.1. The molecule has 1 aliphatic heterocycles. The largest absolute Gasteiger partial charge is 0.492 e. The molecule has 1 heterocycles. The van der Waals surface area contributed by atoms with Crippen LogP contribution >= 0.6 is 0 Å². The first-order valence-corrected chi connectivity index (χ1v) is 12.8. The summed E-state index contributed by atoms with van der Waals surface area (Å²) in [6, 6.07) is 35.5. The zero-order chi connectivity index (χ0) is 27.2. The number of nitrogens with one attached hydrogen (secondary N) is 1. The molecule has 0 saturated carbocycles. The summed E-state index contributed by atoms with van der Waals surface area (Å²) >= 11 is 0. The van der Waals surface area contributed by atoms with Crippen LogP contribution in [0.4, 0.5) is 0 Å². The summed E-state index contributed by atoms with van der Waals surface area (Å²) in [5.41, 5.74) is 2.62. The number of likely N-dealkylation sites (N-methyl/N-ethyl adjacent to an activating group) is 1. The molecule has 0 spiro atoms. The van der Waals surface area contributed by atoms with E-state index >= 15 is 0 Å². The van der Waals surface area contributed by atoms with E-state index in [1.165, 1.54) is 6.08 Å². The van der Waals surface area contributed by atoms with Crippen molar-refractivity contribution in [3.8, 4) is 11.5 Å². The highest BCUT2D eigenvalue weighted by atomic mass is 16.5. The van der Waals surface area contributed by atoms with Crippen molar-refractivity contribution in [2.75, 3.05) is 27.2 Å². The summed E-state index contributed by atoms with van der Waals surface area (Å²) in [4.78, 5) is 26.6. The molecule has 0 fully saturated rings. The van der Waals surface area contributed by atoms with Gasteiger partial charge in [-0.1, -0.05) is 91.0 Å². The average molecular weight is 519 g/mol. The van der Waals surface area contributed by atoms with Gasteiger partial charge in [0.15, 0.2) is 5.60 Å². The number of hydrogen-bond donors (Lipinski definition) is 1. The smallest absolute Gasteiger partial charge is 0.258 e. The van der Waals surface area contributed by atoms with Crippen molar-refractivity contribution in [1.29, 1.82) is 0 Å². The number of nitrogens with zero attached hydrogens (tertiary/aromatic N) is 1. The lowest BCUT2D eigenvalue weighted by Gasteiger charge is -2.36. The third-order valence-corrected chi connectivity index (χ3v) is 6.57. The molecule has 0 saturated heterocycles. The second-order valence-electron chi connectivity index (χ2n) is 9.60. The molecule has 4 aromatic carbocycles. The van der Waals surface area contributed by atoms with E-state index in [0.29, 0.717) is 30.2 Å². The Morgan fingerprint density at radius 2 is 1.23 bits per heavy atom. The molecule has 39 heavy (non-hydrogen) atoms. The first-order valence-electron chi connectivity index (χ1n) is 12.8. The predicted molar refractivity (Wildman–Crippen MR) is 151 cm³/mol. The Morgan fingerprint density at radius 1 is 0.718 bits per heavy atom. The van der Waals surface area contributed by atoms with E-state index in [-0.39, 0.29) is 5.57 Å². The maximum Gasteiger partial charge on any atom is 0.258 e. The van der Waals surface area contributed by atoms with E-state index in [2.05, 4.69) is 5.32 Å². The van der Waals surface area contributed by atoms with E-state index in [0.717, 1.165) is 16.7 Å². The Hall–Kier alpha value is -4.68. The highest BCUT2D eigenvalue weighted by Gasteiger charge is 2.39. The van der Waals surface area contributed by atoms with Crippen molar-refractivity contribution in [1.82, 2.24) is 10.2 Å². The van der Waals surface area contributed by atoms with Crippen LogP contribution in [0.5, 0.6) is 11.5 Å². The Labute approximate surface area is 228 Å². The van der Waals surface area contributed by atoms with E-state index in [4.69, 9.17) is 9.47 Å². The highest BCUT2D eigenvalue weighted by molar-refractivity contribution is 6.33. The Balaban J connectivity index is 1.69. The molecule has 196 valence electrons. The van der Waals surface area contributed by atoms with Crippen LogP contribution in [-0.2, 0) is 15.2 Å². The Kier molecular flexibility index (Phi) is 7.57. The standard InChI is InChI=1S/C33H30N2O4/c1-35(2)18-19-38-28-20-24(30-23-31(36)34-32(30)37)21-29(22-28)39-33(25-12-6-3-7-13-25,26-14-8-4-9-15-26)27-16-10-5-11-17-27/h3-17,20-23H,18-19H2,1-2H3,(H,34,36,37). The molecular weight excluding hydrogens is 488 g/mol. The van der Waals surface area contributed by atoms with Gasteiger partial charge in [0.25, 0.3) is 11.8 Å². The minimum absolute atomic E-state index is 0.271. The van der Waals surface area contributed by atoms with Crippen molar-refractivity contribution in [2.45, 2.75) is 5.60 Å². The van der Waals surface area contributed by atoms with Crippen molar-refractivity contribution < 1.29 is 19.1 Å². The van der Waals surface area contributed by atoms with Gasteiger partial charge in [0.2, 0.25) is 0 Å². The topological polar surface area (TPSA) is 67.9 Å². The van der Waals surface area contributed by atoms with Crippen LogP contribution in [0.2, 0.25) is 0 Å². The van der Waals surface area contributed by atoms with Gasteiger partial charge in [0.1, 0.15) is 18.1 Å². The van der Waals surface area contributed by atoms with Gasteiger partial charge in [-0.15, -0.1) is 0 Å². The predicted octanol–water partition coefficient (Wildman–Crippen LogP) is 5.04. The lowest BCUT2D eigenvalue weighted by molar-refractivity contribution is -0.123. The number of hydrogen-bond acceptors (Lipinski definition) is 5. The number of amides is 2. The van der Waals surface area contributed by atoms with Gasteiger partial charge in [0.05, 0.1) is 5.57 Å². The molecule has 1 N–H and O–H groups in total. The summed E-state index contributed by atoms with van der Waals surface area (Å²) in [5.74, 6) is 0.151. The van der Waals surface area contributed by atoms with Crippen molar-refractivity contribution in [3.05, 3.63) is 138 Å². The van der Waals surface area contributed by atoms with Gasteiger partial charge in [0, 0.05) is 35.4 Å². The fourth-order valence-corrected chi connectivity index (χ4v) is 4.71. The first kappa shape index (κ1) is 25.9. The molecule has 6 heteroatoms. The number of benzene rings is 4. The Bertz CT molecular complexity index is 1390. The van der Waals surface area contributed by atoms with Gasteiger partial charge in [-0.3, -0.25) is 14.9 Å². The van der Waals surface area contributed by atoms with Gasteiger partial charge in [-0.2, -0.15) is 0 Å². The van der Waals surface area contributed by atoms with E-state index in [1.54, 1.807) is 12.1 Å². The monoisotopic (exact) mass is 518 g/mol. The zero-order valence-corrected chi connectivity index (χ0v) is 22.0. The van der Waals surface area contributed by atoms with Gasteiger partial charge in [-0.05, 0) is 31.8 Å². The van der Waals surface area contributed by atoms with Crippen LogP contribution in [0, 0.1) is 0 Å². The molecule has 0 atom stereocenters. The lowest BCUT2D eigenvalue weighted by Crippen LogP contribution is -2.36. The molecule has 0 bridgehead atoms. The minimum Gasteiger partial charge on any atom is -0.492 e. The molecular formula is C33H30N2O4. The maximum absolute atomic E-state index is 12.6. The van der Waals surface area contributed by atoms with Crippen molar-refractivity contribution >= 4 is 17.4 Å². The SMILES string of the molecule is CN(C)CCOc1cc(OC(c2ccccc2)(c2ccccc2)c2ccccc2)cc(C2=CC(=O)NC2=O)c1. The summed E-state index contributed by atoms with van der Waals surface area (Å²) in [5, 5.41) is 2.33. The van der Waals surface area contributed by atoms with E-state index < -0.39 is 17.4 Å². The zero-order valence-electron chi connectivity index (χ0n) is 22.0. The number of carbonyl (C=O) groups excluding carboxylic acids is 2. The van der Waals surface area contributed by atoms with Crippen LogP contribution in [0.15, 0.2) is 115 Å². The normalized spacial score (nSPS) is 13.3. The van der Waals surface area contributed by atoms with Gasteiger partial charge < -0.3 is 14.4 Å². The van der Waals surface area contributed by atoms with Crippen LogP contribution in [0.1, 0.15) is 22.3 Å². The van der Waals surface area contributed by atoms with Gasteiger partial charge >= 0.3 is 0 Å². The average Bonchev–Trinajstić information content (AvgIpc) is 3.30. The maximum atomic E-state index is 12.6. The van der Waals surface area contributed by atoms with Gasteiger partial charge in [-0.25, -0.2) is 0 Å². The van der Waals surface area contributed by atoms with Crippen molar-refractivity contribution in [2.24, 2.45) is 0 Å². The van der Waals surface area contributed by atoms with E-state index in [9.17, 15) is 9.59 Å². The van der Waals surface area contributed by atoms with E-state index in [1.807, 2.05) is 116 Å². The molecule has 0 unspecified atom stereocenters. The molecule has 0 radical (unpaired) electrons. The summed E-state index contributed by atoms with van der Waals surface area (Å²) in [6.45, 7) is 1.16. The fraction of sp³-hybridized carbons (Fsp3) is 0.152. The fourth-order valence-electron chi connectivity index (χ4n) is 4.71. The van der Waals surface area contributed by atoms with Crippen LogP contribution in [-0.4, -0.2) is 44.0 Å². The van der Waals surface area contributed by atoms with Crippen LogP contribution in [0.3, 0.4) is 0 Å².